The molecule has 0 aliphatic rings. The molecule has 0 unspecified atom stereocenters. The van der Waals surface area contributed by atoms with Gasteiger partial charge in [-0.1, -0.05) is 17.7 Å². The Morgan fingerprint density at radius 2 is 1.80 bits per heavy atom. The second kappa shape index (κ2) is 5.26. The van der Waals surface area contributed by atoms with Gasteiger partial charge in [0.25, 0.3) is 10.0 Å². The first kappa shape index (κ1) is 14.5. The Balaban J connectivity index is 2.35. The summed E-state index contributed by atoms with van der Waals surface area (Å²) in [7, 11) is -3.77. The summed E-state index contributed by atoms with van der Waals surface area (Å²) in [6.07, 6.45) is 0. The lowest BCUT2D eigenvalue weighted by molar-refractivity contribution is 0.0702. The molecular weight excluding hydrogens is 298 g/mol. The van der Waals surface area contributed by atoms with Crippen LogP contribution in [-0.2, 0) is 10.0 Å². The van der Waals surface area contributed by atoms with Gasteiger partial charge in [0.2, 0.25) is 0 Å². The summed E-state index contributed by atoms with van der Waals surface area (Å²) < 4.78 is 26.9. The molecule has 0 spiro atoms. The number of benzene rings is 1. The zero-order valence-corrected chi connectivity index (χ0v) is 12.5. The molecule has 1 aromatic heterocycles. The summed E-state index contributed by atoms with van der Waals surface area (Å²) in [6, 6.07) is 8.08. The van der Waals surface area contributed by atoms with E-state index >= 15 is 0 Å². The molecule has 2 aromatic rings. The van der Waals surface area contributed by atoms with Gasteiger partial charge in [0.1, 0.15) is 9.77 Å². The minimum atomic E-state index is -3.77. The van der Waals surface area contributed by atoms with Crippen LogP contribution in [0.2, 0.25) is 0 Å². The molecule has 0 atom stereocenters. The Morgan fingerprint density at radius 3 is 2.30 bits per heavy atom. The van der Waals surface area contributed by atoms with Crippen LogP contribution in [0.1, 0.15) is 20.1 Å². The molecule has 0 fully saturated rings. The van der Waals surface area contributed by atoms with E-state index in [0.717, 1.165) is 16.9 Å². The number of aryl methyl sites for hydroxylation is 2. The Bertz CT molecular complexity index is 745. The van der Waals surface area contributed by atoms with Gasteiger partial charge in [0.15, 0.2) is 0 Å². The number of anilines is 1. The smallest absolute Gasteiger partial charge is 0.345 e. The molecule has 0 saturated carbocycles. The van der Waals surface area contributed by atoms with Gasteiger partial charge >= 0.3 is 5.97 Å². The van der Waals surface area contributed by atoms with Gasteiger partial charge in [-0.15, -0.1) is 11.3 Å². The number of nitrogens with one attached hydrogen (secondary N) is 1. The molecule has 0 saturated heterocycles. The average Bonchev–Trinajstić information content (AvgIpc) is 2.75. The highest BCUT2D eigenvalue weighted by molar-refractivity contribution is 7.93. The van der Waals surface area contributed by atoms with Crippen LogP contribution in [0.3, 0.4) is 0 Å². The van der Waals surface area contributed by atoms with Gasteiger partial charge in [0, 0.05) is 10.6 Å². The molecule has 106 valence electrons. The third-order valence-electron chi connectivity index (χ3n) is 2.68. The quantitative estimate of drug-likeness (QED) is 0.909. The predicted octanol–water partition coefficient (Wildman–Crippen LogP) is 2.86. The summed E-state index contributed by atoms with van der Waals surface area (Å²) >= 11 is 0.944. The van der Waals surface area contributed by atoms with Crippen LogP contribution < -0.4 is 4.72 Å². The van der Waals surface area contributed by atoms with E-state index in [4.69, 9.17) is 5.11 Å². The van der Waals surface area contributed by atoms with E-state index in [1.807, 2.05) is 6.92 Å². The molecular formula is C13H13NO4S2. The first-order valence-corrected chi connectivity index (χ1v) is 8.03. The molecule has 0 aliphatic carbocycles. The number of carboxylic acids is 1. The van der Waals surface area contributed by atoms with Gasteiger partial charge in [-0.3, -0.25) is 4.72 Å². The Kier molecular flexibility index (Phi) is 3.82. The van der Waals surface area contributed by atoms with Crippen LogP contribution in [0, 0.1) is 13.8 Å². The third kappa shape index (κ3) is 3.00. The normalized spacial score (nSPS) is 11.3. The molecule has 1 heterocycles. The number of thiophene rings is 1. The van der Waals surface area contributed by atoms with Crippen molar-refractivity contribution in [3.8, 4) is 0 Å². The van der Waals surface area contributed by atoms with E-state index in [2.05, 4.69) is 4.72 Å². The number of hydrogen-bond acceptors (Lipinski definition) is 4. The van der Waals surface area contributed by atoms with E-state index in [1.165, 1.54) is 6.07 Å². The van der Waals surface area contributed by atoms with Crippen LogP contribution in [0.4, 0.5) is 5.69 Å². The number of rotatable bonds is 4. The zero-order valence-electron chi connectivity index (χ0n) is 10.9. The van der Waals surface area contributed by atoms with Crippen molar-refractivity contribution in [1.29, 1.82) is 0 Å². The van der Waals surface area contributed by atoms with Crippen molar-refractivity contribution >= 4 is 33.0 Å². The van der Waals surface area contributed by atoms with Crippen LogP contribution in [0.25, 0.3) is 0 Å². The van der Waals surface area contributed by atoms with E-state index < -0.39 is 16.0 Å². The lowest BCUT2D eigenvalue weighted by atomic mass is 10.2. The largest absolute Gasteiger partial charge is 0.477 e. The Hall–Kier alpha value is -1.86. The summed E-state index contributed by atoms with van der Waals surface area (Å²) in [6.45, 7) is 3.49. The molecule has 0 aliphatic heterocycles. The second-order valence-electron chi connectivity index (χ2n) is 4.31. The molecule has 2 rings (SSSR count). The van der Waals surface area contributed by atoms with Gasteiger partial charge < -0.3 is 5.11 Å². The van der Waals surface area contributed by atoms with Crippen molar-refractivity contribution in [2.75, 3.05) is 4.72 Å². The second-order valence-corrected chi connectivity index (χ2v) is 7.21. The minimum absolute atomic E-state index is 0.000440. The van der Waals surface area contributed by atoms with E-state index in [-0.39, 0.29) is 9.77 Å². The molecule has 0 amide bonds. The number of carboxylic acid groups (broad SMARTS) is 1. The van der Waals surface area contributed by atoms with Crippen molar-refractivity contribution in [2.24, 2.45) is 0 Å². The monoisotopic (exact) mass is 311 g/mol. The Labute approximate surface area is 120 Å². The highest BCUT2D eigenvalue weighted by atomic mass is 32.2. The van der Waals surface area contributed by atoms with Crippen molar-refractivity contribution in [1.82, 2.24) is 0 Å². The number of aromatic carboxylic acids is 1. The first-order valence-electron chi connectivity index (χ1n) is 5.73. The summed E-state index contributed by atoms with van der Waals surface area (Å²) in [5.41, 5.74) is 1.46. The fourth-order valence-corrected chi connectivity index (χ4v) is 4.16. The van der Waals surface area contributed by atoms with E-state index in [1.54, 1.807) is 31.2 Å². The molecule has 0 radical (unpaired) electrons. The number of sulfonamides is 1. The molecule has 5 nitrogen and oxygen atoms in total. The number of hydrogen-bond donors (Lipinski definition) is 2. The molecule has 20 heavy (non-hydrogen) atoms. The third-order valence-corrected chi connectivity index (χ3v) is 5.35. The van der Waals surface area contributed by atoms with Crippen LogP contribution in [-0.4, -0.2) is 19.5 Å². The number of carbonyl (C=O) groups is 1. The lowest BCUT2D eigenvalue weighted by Gasteiger charge is -2.07. The highest BCUT2D eigenvalue weighted by Crippen LogP contribution is 2.27. The first-order chi connectivity index (χ1) is 9.29. The average molecular weight is 311 g/mol. The van der Waals surface area contributed by atoms with Gasteiger partial charge in [-0.05, 0) is 32.0 Å². The van der Waals surface area contributed by atoms with Crippen molar-refractivity contribution in [2.45, 2.75) is 18.7 Å². The van der Waals surface area contributed by atoms with Crippen molar-refractivity contribution in [3.05, 3.63) is 45.6 Å². The van der Waals surface area contributed by atoms with Crippen molar-refractivity contribution < 1.29 is 18.3 Å². The fourth-order valence-electron chi connectivity index (χ4n) is 1.67. The topological polar surface area (TPSA) is 83.5 Å². The summed E-state index contributed by atoms with van der Waals surface area (Å²) in [4.78, 5) is 11.3. The SMILES string of the molecule is Cc1ccc(NS(=O)(=O)c2cc(C(=O)O)sc2C)cc1. The van der Waals surface area contributed by atoms with Crippen molar-refractivity contribution in [3.63, 3.8) is 0 Å². The maximum Gasteiger partial charge on any atom is 0.345 e. The summed E-state index contributed by atoms with van der Waals surface area (Å²) in [5, 5.41) is 8.90. The predicted molar refractivity (Wildman–Crippen MR) is 78.0 cm³/mol. The molecule has 2 N–H and O–H groups in total. The summed E-state index contributed by atoms with van der Waals surface area (Å²) in [5.74, 6) is -1.13. The lowest BCUT2D eigenvalue weighted by Crippen LogP contribution is -2.13. The van der Waals surface area contributed by atoms with Crippen LogP contribution >= 0.6 is 11.3 Å². The maximum absolute atomic E-state index is 12.2. The van der Waals surface area contributed by atoms with Gasteiger partial charge in [0.05, 0.1) is 0 Å². The maximum atomic E-state index is 12.2. The molecule has 7 heteroatoms. The van der Waals surface area contributed by atoms with Crippen LogP contribution in [0.5, 0.6) is 0 Å². The van der Waals surface area contributed by atoms with E-state index in [9.17, 15) is 13.2 Å². The van der Waals surface area contributed by atoms with Gasteiger partial charge in [-0.2, -0.15) is 0 Å². The van der Waals surface area contributed by atoms with Crippen LogP contribution in [0.15, 0.2) is 35.2 Å². The Morgan fingerprint density at radius 1 is 1.20 bits per heavy atom. The standard InChI is InChI=1S/C13H13NO4S2/c1-8-3-5-10(6-4-8)14-20(17,18)12-7-11(13(15)16)19-9(12)2/h3-7,14H,1-2H3,(H,15,16). The fraction of sp³-hybridized carbons (Fsp3) is 0.154. The van der Waals surface area contributed by atoms with E-state index in [0.29, 0.717) is 10.6 Å². The zero-order chi connectivity index (χ0) is 14.9. The minimum Gasteiger partial charge on any atom is -0.477 e. The molecule has 0 bridgehead atoms. The molecule has 1 aromatic carbocycles. The van der Waals surface area contributed by atoms with Gasteiger partial charge in [-0.25, -0.2) is 13.2 Å². The highest BCUT2D eigenvalue weighted by Gasteiger charge is 2.22.